The fraction of sp³-hybridized carbons (Fsp3) is 0.364. The van der Waals surface area contributed by atoms with Crippen LogP contribution in [0.15, 0.2) is 12.1 Å². The van der Waals surface area contributed by atoms with Crippen molar-refractivity contribution in [3.63, 3.8) is 0 Å². The van der Waals surface area contributed by atoms with Crippen molar-refractivity contribution < 1.29 is 17.9 Å². The molecule has 0 saturated carbocycles. The zero-order chi connectivity index (χ0) is 15.3. The van der Waals surface area contributed by atoms with E-state index in [0.717, 1.165) is 6.26 Å². The van der Waals surface area contributed by atoms with Gasteiger partial charge in [0.2, 0.25) is 10.0 Å². The van der Waals surface area contributed by atoms with Crippen LogP contribution in [0.3, 0.4) is 0 Å². The van der Waals surface area contributed by atoms with E-state index in [4.69, 9.17) is 22.1 Å². The quantitative estimate of drug-likeness (QED) is 0.510. The summed E-state index contributed by atoms with van der Waals surface area (Å²) in [5, 5.41) is 2.79. The summed E-state index contributed by atoms with van der Waals surface area (Å²) >= 11 is 5.86. The number of amides is 1. The third-order valence-corrected chi connectivity index (χ3v) is 3.39. The van der Waals surface area contributed by atoms with E-state index in [0.29, 0.717) is 11.4 Å². The summed E-state index contributed by atoms with van der Waals surface area (Å²) in [5.41, 5.74) is 6.15. The molecule has 120 valence electrons. The number of rotatable bonds is 6. The molecule has 7 nitrogen and oxygen atoms in total. The van der Waals surface area contributed by atoms with Crippen molar-refractivity contribution >= 4 is 45.6 Å². The number of sulfonamides is 1. The zero-order valence-electron chi connectivity index (χ0n) is 11.5. The lowest BCUT2D eigenvalue weighted by atomic mass is 10.1. The van der Waals surface area contributed by atoms with Crippen LogP contribution in [0, 0.1) is 0 Å². The molecule has 0 fully saturated rings. The monoisotopic (exact) mass is 357 g/mol. The molecular weight excluding hydrogens is 341 g/mol. The van der Waals surface area contributed by atoms with Crippen molar-refractivity contribution in [1.29, 1.82) is 0 Å². The second-order valence-electron chi connectivity index (χ2n) is 4.00. The van der Waals surface area contributed by atoms with E-state index in [9.17, 15) is 13.2 Å². The van der Waals surface area contributed by atoms with Crippen molar-refractivity contribution in [1.82, 2.24) is 10.0 Å². The van der Waals surface area contributed by atoms with Crippen LogP contribution in [0.4, 0.5) is 5.69 Å². The maximum atomic E-state index is 11.9. The zero-order valence-corrected chi connectivity index (χ0v) is 13.9. The van der Waals surface area contributed by atoms with Crippen molar-refractivity contribution in [2.24, 2.45) is 0 Å². The molecular formula is C11H17Cl2N3O4S. The number of anilines is 1. The largest absolute Gasteiger partial charge is 0.496 e. The topological polar surface area (TPSA) is 111 Å². The average molecular weight is 358 g/mol. The Labute approximate surface area is 134 Å². The summed E-state index contributed by atoms with van der Waals surface area (Å²) in [4.78, 5) is 11.9. The van der Waals surface area contributed by atoms with Gasteiger partial charge in [0, 0.05) is 19.2 Å². The minimum atomic E-state index is -3.28. The molecule has 1 amide bonds. The number of methoxy groups -OCH3 is 1. The first-order chi connectivity index (χ1) is 9.24. The van der Waals surface area contributed by atoms with Crippen LogP contribution in [0.1, 0.15) is 10.4 Å². The summed E-state index contributed by atoms with van der Waals surface area (Å²) in [7, 11) is -1.87. The van der Waals surface area contributed by atoms with E-state index < -0.39 is 15.9 Å². The molecule has 1 aromatic rings. The van der Waals surface area contributed by atoms with Gasteiger partial charge >= 0.3 is 0 Å². The lowest BCUT2D eigenvalue weighted by Crippen LogP contribution is -2.34. The minimum absolute atomic E-state index is 0. The van der Waals surface area contributed by atoms with Crippen LogP contribution in [0.2, 0.25) is 5.02 Å². The second-order valence-corrected chi connectivity index (χ2v) is 6.24. The maximum absolute atomic E-state index is 11.9. The summed E-state index contributed by atoms with van der Waals surface area (Å²) in [6, 6.07) is 2.85. The van der Waals surface area contributed by atoms with Gasteiger partial charge in [0.15, 0.2) is 0 Å². The highest BCUT2D eigenvalue weighted by Crippen LogP contribution is 2.28. The molecule has 1 aromatic carbocycles. The Balaban J connectivity index is 0.00000400. The number of hydrogen-bond donors (Lipinski definition) is 3. The summed E-state index contributed by atoms with van der Waals surface area (Å²) in [5.74, 6) is -0.139. The number of ether oxygens (including phenoxy) is 1. The lowest BCUT2D eigenvalue weighted by Gasteiger charge is -2.11. The van der Waals surface area contributed by atoms with E-state index in [1.807, 2.05) is 0 Å². The molecule has 4 N–H and O–H groups in total. The Bertz CT molecular complexity index is 608. The van der Waals surface area contributed by atoms with Crippen LogP contribution < -0.4 is 20.5 Å². The number of hydrogen-bond acceptors (Lipinski definition) is 5. The van der Waals surface area contributed by atoms with Gasteiger partial charge in [-0.2, -0.15) is 0 Å². The molecule has 0 aliphatic rings. The second kappa shape index (κ2) is 8.28. The number of carbonyl (C=O) groups is 1. The number of nitrogens with one attached hydrogen (secondary N) is 2. The third kappa shape index (κ3) is 6.38. The van der Waals surface area contributed by atoms with Gasteiger partial charge in [-0.25, -0.2) is 13.1 Å². The van der Waals surface area contributed by atoms with Crippen LogP contribution in [-0.2, 0) is 10.0 Å². The van der Waals surface area contributed by atoms with Crippen molar-refractivity contribution in [2.45, 2.75) is 0 Å². The highest BCUT2D eigenvalue weighted by atomic mass is 35.5. The first-order valence-corrected chi connectivity index (χ1v) is 7.87. The maximum Gasteiger partial charge on any atom is 0.255 e. The fourth-order valence-electron chi connectivity index (χ4n) is 1.42. The molecule has 0 heterocycles. The number of nitrogen functional groups attached to an aromatic ring is 1. The smallest absolute Gasteiger partial charge is 0.255 e. The van der Waals surface area contributed by atoms with Gasteiger partial charge in [-0.1, -0.05) is 11.6 Å². The standard InChI is InChI=1S/C11H16ClN3O4S.ClH/c1-19-10-6-9(13)8(12)5-7(10)11(16)14-3-4-15-20(2,17)18;/h5-6,15H,3-4,13H2,1-2H3,(H,14,16);1H. The Morgan fingerprint density at radius 2 is 2.00 bits per heavy atom. The van der Waals surface area contributed by atoms with Gasteiger partial charge in [-0.3, -0.25) is 4.79 Å². The SMILES string of the molecule is COc1cc(N)c(Cl)cc1C(=O)NCCNS(C)(=O)=O.Cl. The molecule has 0 aliphatic heterocycles. The van der Waals surface area contributed by atoms with Crippen molar-refractivity contribution in [2.75, 3.05) is 32.2 Å². The van der Waals surface area contributed by atoms with E-state index in [1.165, 1.54) is 19.2 Å². The van der Waals surface area contributed by atoms with Crippen LogP contribution in [-0.4, -0.2) is 40.8 Å². The highest BCUT2D eigenvalue weighted by molar-refractivity contribution is 7.88. The molecule has 10 heteroatoms. The molecule has 0 unspecified atom stereocenters. The molecule has 0 aromatic heterocycles. The summed E-state index contributed by atoms with van der Waals surface area (Å²) in [6.45, 7) is 0.229. The summed E-state index contributed by atoms with van der Waals surface area (Å²) < 4.78 is 29.0. The Hall–Kier alpha value is -1.22. The number of carbonyl (C=O) groups excluding carboxylic acids is 1. The van der Waals surface area contributed by atoms with Gasteiger partial charge in [-0.15, -0.1) is 12.4 Å². The predicted octanol–water partition coefficient (Wildman–Crippen LogP) is 0.632. The molecule has 21 heavy (non-hydrogen) atoms. The lowest BCUT2D eigenvalue weighted by molar-refractivity contribution is 0.0951. The van der Waals surface area contributed by atoms with Crippen LogP contribution in [0.5, 0.6) is 5.75 Å². The predicted molar refractivity (Wildman–Crippen MR) is 84.8 cm³/mol. The molecule has 0 aliphatic carbocycles. The summed E-state index contributed by atoms with van der Waals surface area (Å²) in [6.07, 6.45) is 1.04. The number of nitrogens with two attached hydrogens (primary N) is 1. The van der Waals surface area contributed by atoms with Gasteiger partial charge in [0.1, 0.15) is 5.75 Å². The van der Waals surface area contributed by atoms with Crippen molar-refractivity contribution in [3.05, 3.63) is 22.7 Å². The molecule has 0 spiro atoms. The first kappa shape index (κ1) is 19.8. The fourth-order valence-corrected chi connectivity index (χ4v) is 2.06. The molecule has 0 atom stereocenters. The van der Waals surface area contributed by atoms with Crippen LogP contribution in [0.25, 0.3) is 0 Å². The molecule has 0 radical (unpaired) electrons. The Morgan fingerprint density at radius 3 is 2.52 bits per heavy atom. The van der Waals surface area contributed by atoms with Gasteiger partial charge in [0.05, 0.1) is 29.6 Å². The average Bonchev–Trinajstić information content (AvgIpc) is 2.36. The van der Waals surface area contributed by atoms with Gasteiger partial charge < -0.3 is 15.8 Å². The van der Waals surface area contributed by atoms with E-state index >= 15 is 0 Å². The molecule has 1 rings (SSSR count). The van der Waals surface area contributed by atoms with Gasteiger partial charge in [0.25, 0.3) is 5.91 Å². The first-order valence-electron chi connectivity index (χ1n) is 5.60. The Morgan fingerprint density at radius 1 is 1.38 bits per heavy atom. The van der Waals surface area contributed by atoms with Gasteiger partial charge in [-0.05, 0) is 6.07 Å². The van der Waals surface area contributed by atoms with E-state index in [2.05, 4.69) is 10.0 Å². The molecule has 0 bridgehead atoms. The van der Waals surface area contributed by atoms with Crippen molar-refractivity contribution in [3.8, 4) is 5.75 Å². The molecule has 0 saturated heterocycles. The number of benzene rings is 1. The highest BCUT2D eigenvalue weighted by Gasteiger charge is 2.14. The normalized spacial score (nSPS) is 10.6. The van der Waals surface area contributed by atoms with Crippen LogP contribution >= 0.6 is 24.0 Å². The number of halogens is 2. The Kier molecular flexibility index (Phi) is 7.80. The van der Waals surface area contributed by atoms with E-state index in [1.54, 1.807) is 0 Å². The third-order valence-electron chi connectivity index (χ3n) is 2.34. The van der Waals surface area contributed by atoms with E-state index in [-0.39, 0.29) is 36.1 Å². The minimum Gasteiger partial charge on any atom is -0.496 e.